The van der Waals surface area contributed by atoms with Gasteiger partial charge >= 0.3 is 0 Å². The molecule has 0 aromatic heterocycles. The van der Waals surface area contributed by atoms with Gasteiger partial charge in [-0.15, -0.1) is 0 Å². The van der Waals surface area contributed by atoms with Gasteiger partial charge in [-0.25, -0.2) is 0 Å². The summed E-state index contributed by atoms with van der Waals surface area (Å²) in [6, 6.07) is 0. The van der Waals surface area contributed by atoms with E-state index in [9.17, 15) is 4.79 Å². The van der Waals surface area contributed by atoms with Crippen LogP contribution in [-0.2, 0) is 4.79 Å². The van der Waals surface area contributed by atoms with Crippen molar-refractivity contribution in [3.8, 4) is 0 Å². The third-order valence-electron chi connectivity index (χ3n) is 2.17. The first kappa shape index (κ1) is 14.9. The van der Waals surface area contributed by atoms with Crippen molar-refractivity contribution < 1.29 is 4.79 Å². The van der Waals surface area contributed by atoms with Gasteiger partial charge in [0.1, 0.15) is 6.29 Å². The maximum Gasteiger partial charge on any atom is 0.120 e. The van der Waals surface area contributed by atoms with Crippen LogP contribution in [0.5, 0.6) is 0 Å². The first-order valence-corrected chi connectivity index (χ1v) is 6.14. The lowest BCUT2D eigenvalue weighted by Gasteiger charge is -1.90. The van der Waals surface area contributed by atoms with Gasteiger partial charge in [0, 0.05) is 6.42 Å². The largest absolute Gasteiger partial charge is 0.303 e. The predicted molar refractivity (Wildman–Crippen MR) is 71.5 cm³/mol. The van der Waals surface area contributed by atoms with Crippen molar-refractivity contribution in [3.63, 3.8) is 0 Å². The summed E-state index contributed by atoms with van der Waals surface area (Å²) in [5, 5.41) is 0. The van der Waals surface area contributed by atoms with Gasteiger partial charge in [-0.05, 0) is 46.0 Å². The Morgan fingerprint density at radius 2 is 1.19 bits per heavy atom. The zero-order valence-electron chi connectivity index (χ0n) is 10.6. The highest BCUT2D eigenvalue weighted by Crippen LogP contribution is 2.00. The molecule has 0 radical (unpaired) electrons. The van der Waals surface area contributed by atoms with Crippen molar-refractivity contribution in [1.29, 1.82) is 0 Å². The van der Waals surface area contributed by atoms with Crippen LogP contribution in [0.25, 0.3) is 0 Å². The Morgan fingerprint density at radius 1 is 0.750 bits per heavy atom. The molecule has 0 atom stereocenters. The Balaban J connectivity index is 3.30. The van der Waals surface area contributed by atoms with Crippen LogP contribution in [0.3, 0.4) is 0 Å². The van der Waals surface area contributed by atoms with Gasteiger partial charge < -0.3 is 4.79 Å². The molecule has 0 saturated carbocycles. The van der Waals surface area contributed by atoms with Gasteiger partial charge in [0.05, 0.1) is 0 Å². The lowest BCUT2D eigenvalue weighted by molar-refractivity contribution is -0.107. The van der Waals surface area contributed by atoms with Crippen LogP contribution in [0.2, 0.25) is 0 Å². The van der Waals surface area contributed by atoms with Gasteiger partial charge in [0.15, 0.2) is 0 Å². The average molecular weight is 220 g/mol. The number of hydrogen-bond acceptors (Lipinski definition) is 1. The monoisotopic (exact) mass is 220 g/mol. The molecule has 0 unspecified atom stereocenters. The fourth-order valence-electron chi connectivity index (χ4n) is 1.30. The molecule has 0 aliphatic heterocycles. The van der Waals surface area contributed by atoms with Crippen LogP contribution in [0.4, 0.5) is 0 Å². The summed E-state index contributed by atoms with van der Waals surface area (Å²) in [5.41, 5.74) is 1.39. The average Bonchev–Trinajstić information content (AvgIpc) is 2.25. The van der Waals surface area contributed by atoms with E-state index in [1.54, 1.807) is 0 Å². The molecule has 0 bridgehead atoms. The van der Waals surface area contributed by atoms with Crippen LogP contribution >= 0.6 is 0 Å². The third kappa shape index (κ3) is 12.9. The molecule has 0 spiro atoms. The predicted octanol–water partition coefficient (Wildman–Crippen LogP) is 4.60. The molecular formula is C15H24O. The number of hydrogen-bond donors (Lipinski definition) is 0. The van der Waals surface area contributed by atoms with Crippen LogP contribution in [0.1, 0.15) is 52.4 Å². The van der Waals surface area contributed by atoms with Crippen LogP contribution in [0, 0.1) is 0 Å². The van der Waals surface area contributed by atoms with Crippen molar-refractivity contribution in [2.45, 2.75) is 52.4 Å². The van der Waals surface area contributed by atoms with Gasteiger partial charge in [0.25, 0.3) is 0 Å². The first-order chi connectivity index (χ1) is 7.77. The Morgan fingerprint density at radius 3 is 1.62 bits per heavy atom. The van der Waals surface area contributed by atoms with E-state index < -0.39 is 0 Å². The molecule has 16 heavy (non-hydrogen) atoms. The van der Waals surface area contributed by atoms with E-state index in [4.69, 9.17) is 0 Å². The van der Waals surface area contributed by atoms with Crippen molar-refractivity contribution in [3.05, 3.63) is 36.0 Å². The zero-order chi connectivity index (χ0) is 12.1. The van der Waals surface area contributed by atoms with E-state index in [-0.39, 0.29) is 0 Å². The van der Waals surface area contributed by atoms with Crippen molar-refractivity contribution in [2.75, 3.05) is 0 Å². The summed E-state index contributed by atoms with van der Waals surface area (Å²) in [5.74, 6) is 0. The van der Waals surface area contributed by atoms with Crippen LogP contribution in [-0.4, -0.2) is 6.29 Å². The van der Waals surface area contributed by atoms with Gasteiger partial charge in [-0.3, -0.25) is 0 Å². The number of carbonyl (C=O) groups excluding carboxylic acids is 1. The maximum absolute atomic E-state index is 10.0. The molecule has 0 aliphatic carbocycles. The lowest BCUT2D eigenvalue weighted by atomic mass is 10.2. The summed E-state index contributed by atoms with van der Waals surface area (Å²) < 4.78 is 0. The molecule has 0 saturated heterocycles. The van der Waals surface area contributed by atoms with E-state index in [2.05, 4.69) is 44.2 Å². The molecule has 0 aliphatic rings. The number of allylic oxidation sites excluding steroid dienone is 6. The minimum atomic E-state index is 0.648. The van der Waals surface area contributed by atoms with Gasteiger partial charge in [-0.2, -0.15) is 0 Å². The molecule has 0 aromatic carbocycles. The Bertz CT molecular complexity index is 242. The second-order valence-corrected chi connectivity index (χ2v) is 4.12. The SMILES string of the molecule is CC(C)=CCC/C=C/CC/C=C/CCC=O. The number of unbranched alkanes of at least 4 members (excludes halogenated alkanes) is 3. The molecule has 1 heteroatoms. The summed E-state index contributed by atoms with van der Waals surface area (Å²) in [7, 11) is 0. The molecular weight excluding hydrogens is 196 g/mol. The smallest absolute Gasteiger partial charge is 0.120 e. The van der Waals surface area contributed by atoms with Crippen molar-refractivity contribution >= 4 is 6.29 Å². The molecule has 0 aromatic rings. The number of carbonyl (C=O) groups is 1. The minimum Gasteiger partial charge on any atom is -0.303 e. The molecule has 0 rings (SSSR count). The van der Waals surface area contributed by atoms with Crippen molar-refractivity contribution in [2.24, 2.45) is 0 Å². The maximum atomic E-state index is 10.0. The molecule has 90 valence electrons. The fraction of sp³-hybridized carbons (Fsp3) is 0.533. The quantitative estimate of drug-likeness (QED) is 0.315. The fourth-order valence-corrected chi connectivity index (χ4v) is 1.30. The molecule has 0 fully saturated rings. The summed E-state index contributed by atoms with van der Waals surface area (Å²) in [4.78, 5) is 10.0. The van der Waals surface area contributed by atoms with Crippen molar-refractivity contribution in [1.82, 2.24) is 0 Å². The lowest BCUT2D eigenvalue weighted by Crippen LogP contribution is -1.71. The van der Waals surface area contributed by atoms with E-state index in [1.165, 1.54) is 5.57 Å². The third-order valence-corrected chi connectivity index (χ3v) is 2.17. The van der Waals surface area contributed by atoms with E-state index in [0.717, 1.165) is 38.4 Å². The van der Waals surface area contributed by atoms with E-state index >= 15 is 0 Å². The highest BCUT2D eigenvalue weighted by atomic mass is 16.1. The summed E-state index contributed by atoms with van der Waals surface area (Å²) in [6.07, 6.45) is 18.0. The van der Waals surface area contributed by atoms with E-state index in [0.29, 0.717) is 6.42 Å². The second-order valence-electron chi connectivity index (χ2n) is 4.12. The van der Waals surface area contributed by atoms with Crippen LogP contribution < -0.4 is 0 Å². The molecule has 1 nitrogen and oxygen atoms in total. The number of aldehydes is 1. The topological polar surface area (TPSA) is 17.1 Å². The Labute approximate surface area is 99.9 Å². The standard InChI is InChI=1S/C15H24O/c1-15(2)13-11-9-7-5-3-4-6-8-10-12-14-16/h5-8,13-14H,3-4,9-12H2,1-2H3/b7-5+,8-6+. The zero-order valence-corrected chi connectivity index (χ0v) is 10.6. The second kappa shape index (κ2) is 12.0. The van der Waals surface area contributed by atoms with E-state index in [1.807, 2.05) is 0 Å². The number of rotatable bonds is 9. The Hall–Kier alpha value is -1.11. The minimum absolute atomic E-state index is 0.648. The van der Waals surface area contributed by atoms with Crippen LogP contribution in [0.15, 0.2) is 36.0 Å². The highest BCUT2D eigenvalue weighted by molar-refractivity contribution is 5.49. The van der Waals surface area contributed by atoms with Gasteiger partial charge in [-0.1, -0.05) is 36.0 Å². The normalized spacial score (nSPS) is 11.1. The molecule has 0 N–H and O–H groups in total. The molecule has 0 amide bonds. The first-order valence-electron chi connectivity index (χ1n) is 6.14. The highest BCUT2D eigenvalue weighted by Gasteiger charge is 1.81. The van der Waals surface area contributed by atoms with Gasteiger partial charge in [0.2, 0.25) is 0 Å². The molecule has 0 heterocycles. The summed E-state index contributed by atoms with van der Waals surface area (Å²) in [6.45, 7) is 4.27. The Kier molecular flexibility index (Phi) is 11.1. The summed E-state index contributed by atoms with van der Waals surface area (Å²) >= 11 is 0.